The maximum absolute atomic E-state index is 11.3. The van der Waals surface area contributed by atoms with Crippen molar-refractivity contribution in [1.82, 2.24) is 14.7 Å². The lowest BCUT2D eigenvalue weighted by Gasteiger charge is -2.22. The number of aromatic nitrogens is 2. The van der Waals surface area contributed by atoms with Gasteiger partial charge in [-0.05, 0) is 25.0 Å². The van der Waals surface area contributed by atoms with Crippen LogP contribution in [0.15, 0.2) is 30.6 Å². The van der Waals surface area contributed by atoms with E-state index in [1.807, 2.05) is 28.8 Å². The van der Waals surface area contributed by atoms with E-state index >= 15 is 0 Å². The minimum Gasteiger partial charge on any atom is -0.308 e. The van der Waals surface area contributed by atoms with Crippen molar-refractivity contribution in [3.8, 4) is 0 Å². The molecule has 1 aliphatic rings. The van der Waals surface area contributed by atoms with Crippen LogP contribution in [0.1, 0.15) is 18.5 Å². The van der Waals surface area contributed by atoms with Crippen LogP contribution >= 0.6 is 0 Å². The van der Waals surface area contributed by atoms with Gasteiger partial charge in [0.15, 0.2) is 0 Å². The van der Waals surface area contributed by atoms with Crippen LogP contribution < -0.4 is 5.32 Å². The molecule has 0 radical (unpaired) electrons. The van der Waals surface area contributed by atoms with Gasteiger partial charge in [0.1, 0.15) is 5.65 Å². The number of hydrogen-bond donors (Lipinski definition) is 1. The third-order valence-corrected chi connectivity index (χ3v) is 4.76. The monoisotopic (exact) mass is 263 g/mol. The largest absolute Gasteiger partial charge is 0.308 e. The SMILES string of the molecule is O=S1CCC(NCc2cn3ccccc3n2)CC1. The molecule has 2 aromatic rings. The van der Waals surface area contributed by atoms with Crippen LogP contribution in [-0.2, 0) is 17.3 Å². The summed E-state index contributed by atoms with van der Waals surface area (Å²) in [6.07, 6.45) is 6.10. The van der Waals surface area contributed by atoms with Gasteiger partial charge in [-0.3, -0.25) is 4.21 Å². The molecule has 0 amide bonds. The number of rotatable bonds is 3. The fourth-order valence-electron chi connectivity index (χ4n) is 2.32. The smallest absolute Gasteiger partial charge is 0.137 e. The normalized spacial score (nSPS) is 24.4. The second-order valence-corrected chi connectivity index (χ2v) is 6.40. The third-order valence-electron chi connectivity index (χ3n) is 3.37. The number of imidazole rings is 1. The average Bonchev–Trinajstić information content (AvgIpc) is 2.81. The number of pyridine rings is 1. The van der Waals surface area contributed by atoms with Crippen LogP contribution in [0.25, 0.3) is 5.65 Å². The van der Waals surface area contributed by atoms with Crippen LogP contribution in [0.2, 0.25) is 0 Å². The first-order valence-corrected chi connectivity index (χ1v) is 7.81. The fraction of sp³-hybridized carbons (Fsp3) is 0.462. The number of hydrogen-bond acceptors (Lipinski definition) is 3. The first-order valence-electron chi connectivity index (χ1n) is 6.32. The van der Waals surface area contributed by atoms with Crippen molar-refractivity contribution in [1.29, 1.82) is 0 Å². The molecule has 0 aliphatic carbocycles. The molecule has 0 bridgehead atoms. The first-order chi connectivity index (χ1) is 8.81. The van der Waals surface area contributed by atoms with Gasteiger partial charge in [-0.1, -0.05) is 6.07 Å². The van der Waals surface area contributed by atoms with Crippen LogP contribution in [0.5, 0.6) is 0 Å². The Hall–Kier alpha value is -1.20. The minimum atomic E-state index is -0.581. The van der Waals surface area contributed by atoms with Crippen molar-refractivity contribution in [3.63, 3.8) is 0 Å². The maximum atomic E-state index is 11.3. The maximum Gasteiger partial charge on any atom is 0.137 e. The molecule has 1 fully saturated rings. The zero-order valence-electron chi connectivity index (χ0n) is 10.2. The summed E-state index contributed by atoms with van der Waals surface area (Å²) in [6.45, 7) is 0.791. The van der Waals surface area contributed by atoms with E-state index < -0.39 is 10.8 Å². The minimum absolute atomic E-state index is 0.493. The Bertz CT molecular complexity index is 523. The molecule has 4 nitrogen and oxygen atoms in total. The van der Waals surface area contributed by atoms with Gasteiger partial charge in [0.05, 0.1) is 5.69 Å². The summed E-state index contributed by atoms with van der Waals surface area (Å²) in [6, 6.07) is 6.50. The lowest BCUT2D eigenvalue weighted by atomic mass is 10.1. The highest BCUT2D eigenvalue weighted by molar-refractivity contribution is 7.85. The zero-order valence-corrected chi connectivity index (χ0v) is 11.0. The van der Waals surface area contributed by atoms with Crippen LogP contribution in [0.4, 0.5) is 0 Å². The molecule has 0 spiro atoms. The molecule has 0 atom stereocenters. The van der Waals surface area contributed by atoms with Gasteiger partial charge in [-0.15, -0.1) is 0 Å². The molecular formula is C13H17N3OS. The highest BCUT2D eigenvalue weighted by Crippen LogP contribution is 2.10. The molecule has 1 saturated heterocycles. The molecular weight excluding hydrogens is 246 g/mol. The number of fused-ring (bicyclic) bond motifs is 1. The van der Waals surface area contributed by atoms with Gasteiger partial charge < -0.3 is 9.72 Å². The molecule has 96 valence electrons. The van der Waals surface area contributed by atoms with Gasteiger partial charge in [-0.2, -0.15) is 0 Å². The molecule has 0 aromatic carbocycles. The van der Waals surface area contributed by atoms with Crippen molar-refractivity contribution in [2.75, 3.05) is 11.5 Å². The third kappa shape index (κ3) is 2.62. The molecule has 0 unspecified atom stereocenters. The molecule has 5 heteroatoms. The highest BCUT2D eigenvalue weighted by atomic mass is 32.2. The predicted octanol–water partition coefficient (Wildman–Crippen LogP) is 1.33. The van der Waals surface area contributed by atoms with Crippen molar-refractivity contribution < 1.29 is 4.21 Å². The summed E-state index contributed by atoms with van der Waals surface area (Å²) in [7, 11) is -0.581. The van der Waals surface area contributed by atoms with E-state index in [0.717, 1.165) is 42.2 Å². The Morgan fingerprint density at radius 3 is 3.00 bits per heavy atom. The molecule has 3 rings (SSSR count). The van der Waals surface area contributed by atoms with Gasteiger partial charge in [0.2, 0.25) is 0 Å². The summed E-state index contributed by atoms with van der Waals surface area (Å²) in [5.74, 6) is 1.67. The number of nitrogens with zero attached hydrogens (tertiary/aromatic N) is 2. The Kier molecular flexibility index (Phi) is 3.43. The van der Waals surface area contributed by atoms with Crippen molar-refractivity contribution in [2.45, 2.75) is 25.4 Å². The second-order valence-electron chi connectivity index (χ2n) is 4.70. The van der Waals surface area contributed by atoms with E-state index in [1.54, 1.807) is 0 Å². The Labute approximate surface area is 109 Å². The summed E-state index contributed by atoms with van der Waals surface area (Å²) >= 11 is 0. The molecule has 1 aliphatic heterocycles. The quantitative estimate of drug-likeness (QED) is 0.909. The first kappa shape index (κ1) is 11.9. The molecule has 3 heterocycles. The Balaban J connectivity index is 1.61. The van der Waals surface area contributed by atoms with Gasteiger partial charge in [0.25, 0.3) is 0 Å². The van der Waals surface area contributed by atoms with Gasteiger partial charge in [0, 0.05) is 47.3 Å². The van der Waals surface area contributed by atoms with Gasteiger partial charge in [-0.25, -0.2) is 4.98 Å². The lowest BCUT2D eigenvalue weighted by Crippen LogP contribution is -2.35. The van der Waals surface area contributed by atoms with E-state index in [2.05, 4.69) is 16.5 Å². The van der Waals surface area contributed by atoms with Crippen molar-refractivity contribution in [3.05, 3.63) is 36.3 Å². The molecule has 18 heavy (non-hydrogen) atoms. The molecule has 1 N–H and O–H groups in total. The van der Waals surface area contributed by atoms with Crippen LogP contribution in [-0.4, -0.2) is 31.1 Å². The molecule has 2 aromatic heterocycles. The van der Waals surface area contributed by atoms with E-state index in [9.17, 15) is 4.21 Å². The van der Waals surface area contributed by atoms with Crippen LogP contribution in [0, 0.1) is 0 Å². The Morgan fingerprint density at radius 2 is 2.22 bits per heavy atom. The number of nitrogens with one attached hydrogen (secondary N) is 1. The predicted molar refractivity (Wildman–Crippen MR) is 72.9 cm³/mol. The van der Waals surface area contributed by atoms with E-state index in [0.29, 0.717) is 6.04 Å². The second kappa shape index (κ2) is 5.20. The van der Waals surface area contributed by atoms with Crippen molar-refractivity contribution >= 4 is 16.4 Å². The standard InChI is InChI=1S/C13H17N3OS/c17-18-7-4-11(5-8-18)14-9-12-10-16-6-2-1-3-13(16)15-12/h1-3,6,10-11,14H,4-5,7-9H2. The highest BCUT2D eigenvalue weighted by Gasteiger charge is 2.17. The summed E-state index contributed by atoms with van der Waals surface area (Å²) < 4.78 is 13.3. The van der Waals surface area contributed by atoms with Gasteiger partial charge >= 0.3 is 0 Å². The van der Waals surface area contributed by atoms with E-state index in [4.69, 9.17) is 0 Å². The summed E-state index contributed by atoms with van der Waals surface area (Å²) in [5, 5.41) is 3.51. The van der Waals surface area contributed by atoms with E-state index in [1.165, 1.54) is 0 Å². The zero-order chi connectivity index (χ0) is 12.4. The van der Waals surface area contributed by atoms with E-state index in [-0.39, 0.29) is 0 Å². The van der Waals surface area contributed by atoms with Crippen molar-refractivity contribution in [2.24, 2.45) is 0 Å². The lowest BCUT2D eigenvalue weighted by molar-refractivity contribution is 0.472. The Morgan fingerprint density at radius 1 is 1.39 bits per heavy atom. The fourth-order valence-corrected chi connectivity index (χ4v) is 3.62. The summed E-state index contributed by atoms with van der Waals surface area (Å²) in [5.41, 5.74) is 2.05. The van der Waals surface area contributed by atoms with Crippen LogP contribution in [0.3, 0.4) is 0 Å². The molecule has 0 saturated carbocycles. The average molecular weight is 263 g/mol. The summed E-state index contributed by atoms with van der Waals surface area (Å²) in [4.78, 5) is 4.55. The topological polar surface area (TPSA) is 46.4 Å².